The number of hydrogen-bond acceptors (Lipinski definition) is 3. The second-order valence-corrected chi connectivity index (χ2v) is 12.4. The van der Waals surface area contributed by atoms with Crippen molar-refractivity contribution in [1.29, 1.82) is 0 Å². The van der Waals surface area contributed by atoms with E-state index in [0.717, 1.165) is 50.1 Å². The Morgan fingerprint density at radius 1 is 0.822 bits per heavy atom. The van der Waals surface area contributed by atoms with Gasteiger partial charge in [0.2, 0.25) is 0 Å². The van der Waals surface area contributed by atoms with Crippen molar-refractivity contribution in [2.24, 2.45) is 5.92 Å². The summed E-state index contributed by atoms with van der Waals surface area (Å²) in [6.45, 7) is 4.62. The summed E-state index contributed by atoms with van der Waals surface area (Å²) in [4.78, 5) is 9.39. The van der Waals surface area contributed by atoms with E-state index in [1.165, 1.54) is 36.8 Å². The number of rotatable bonds is 3. The fourth-order valence-corrected chi connectivity index (χ4v) is 7.12. The summed E-state index contributed by atoms with van der Waals surface area (Å²) in [6.07, 6.45) is 9.66. The molecule has 9 rings (SSSR count). The number of nitrogens with zero attached hydrogens (tertiary/aromatic N) is 3. The van der Waals surface area contributed by atoms with Gasteiger partial charge < -0.3 is 14.0 Å². The van der Waals surface area contributed by atoms with E-state index >= 15 is 0 Å². The molecule has 1 aliphatic carbocycles. The minimum absolute atomic E-state index is 0. The molecule has 1 fully saturated rings. The second kappa shape index (κ2) is 11.9. The third-order valence-corrected chi connectivity index (χ3v) is 9.08. The molecule has 0 saturated heterocycles. The maximum absolute atomic E-state index is 5.97. The van der Waals surface area contributed by atoms with Crippen molar-refractivity contribution >= 4 is 38.5 Å². The number of fused-ring (bicyclic) bond motifs is 3. The van der Waals surface area contributed by atoms with Crippen LogP contribution in [0.4, 0.5) is 0 Å². The molecule has 0 amide bonds. The van der Waals surface area contributed by atoms with Gasteiger partial charge in [-0.15, -0.1) is 54.1 Å². The molecule has 1 saturated carbocycles. The van der Waals surface area contributed by atoms with Crippen molar-refractivity contribution in [3.63, 3.8) is 0 Å². The number of pyridine rings is 1. The molecule has 5 heteroatoms. The van der Waals surface area contributed by atoms with Crippen LogP contribution in [-0.4, -0.2) is 14.5 Å². The second-order valence-electron chi connectivity index (χ2n) is 12.4. The third kappa shape index (κ3) is 5.14. The van der Waals surface area contributed by atoms with Gasteiger partial charge in [0.25, 0.3) is 0 Å². The molecule has 0 spiro atoms. The third-order valence-electron chi connectivity index (χ3n) is 9.08. The minimum atomic E-state index is -0.0833. The number of imidazole rings is 1. The van der Waals surface area contributed by atoms with Crippen molar-refractivity contribution in [1.82, 2.24) is 14.5 Å². The Morgan fingerprint density at radius 3 is 2.44 bits per heavy atom. The summed E-state index contributed by atoms with van der Waals surface area (Å²) in [5, 5.41) is 2.23. The SMILES string of the molecule is CC1(C)C=C(C2CCCC2)c2cccc3nc(-c4[c-]cccc4)n1c23.[Ir].[c-]1ccc2c(oc3ccccc32)c1-c1ccccn1. The smallest absolute Gasteiger partial charge is 0.120 e. The van der Waals surface area contributed by atoms with Gasteiger partial charge in [-0.2, -0.15) is 0 Å². The molecule has 0 atom stereocenters. The summed E-state index contributed by atoms with van der Waals surface area (Å²) in [5.74, 6) is 1.73. The van der Waals surface area contributed by atoms with E-state index in [9.17, 15) is 0 Å². The van der Waals surface area contributed by atoms with Crippen molar-refractivity contribution in [3.8, 4) is 22.6 Å². The van der Waals surface area contributed by atoms with Crippen molar-refractivity contribution in [2.45, 2.75) is 45.1 Å². The summed E-state index contributed by atoms with van der Waals surface area (Å²) < 4.78 is 8.39. The fourth-order valence-electron chi connectivity index (χ4n) is 7.12. The van der Waals surface area contributed by atoms with Crippen LogP contribution < -0.4 is 0 Å². The van der Waals surface area contributed by atoms with E-state index < -0.39 is 0 Å². The number of furan rings is 1. The van der Waals surface area contributed by atoms with Crippen molar-refractivity contribution < 1.29 is 24.5 Å². The monoisotopic (exact) mass is 764 g/mol. The molecule has 45 heavy (non-hydrogen) atoms. The van der Waals surface area contributed by atoms with Gasteiger partial charge in [0.15, 0.2) is 0 Å². The van der Waals surface area contributed by atoms with E-state index in [0.29, 0.717) is 5.92 Å². The molecule has 1 radical (unpaired) electrons. The Balaban J connectivity index is 0.000000146. The Hall–Kier alpha value is -4.31. The van der Waals surface area contributed by atoms with Crippen LogP contribution in [0.2, 0.25) is 0 Å². The van der Waals surface area contributed by atoms with E-state index in [1.54, 1.807) is 11.8 Å². The Labute approximate surface area is 277 Å². The van der Waals surface area contributed by atoms with Crippen LogP contribution in [0.1, 0.15) is 45.1 Å². The predicted octanol–water partition coefficient (Wildman–Crippen LogP) is 10.3. The molecule has 0 bridgehead atoms. The zero-order valence-electron chi connectivity index (χ0n) is 25.4. The van der Waals surface area contributed by atoms with Gasteiger partial charge >= 0.3 is 0 Å². The standard InChI is InChI=1S/C23H23N2.C17H10NO.Ir/c1-23(2)15-19(16-9-6-7-10-16)18-13-8-14-20-21(18)25(23)22(24-20)17-11-4-3-5-12-17;1-2-10-16-12(6-1)13-7-5-8-14(17(13)19-16)15-9-3-4-11-18-15;/h3-5,8,11,13-16H,6-7,9-10H2,1-2H3;1-7,9-11H;/q2*-1;. The first-order valence-electron chi connectivity index (χ1n) is 15.5. The first kappa shape index (κ1) is 29.4. The number of hydrogen-bond donors (Lipinski definition) is 0. The molecule has 3 aromatic heterocycles. The van der Waals surface area contributed by atoms with Gasteiger partial charge in [-0.3, -0.25) is 4.98 Å². The number of aromatic nitrogens is 3. The van der Waals surface area contributed by atoms with Gasteiger partial charge in [-0.1, -0.05) is 72.3 Å². The van der Waals surface area contributed by atoms with E-state index in [1.807, 2.05) is 60.7 Å². The van der Waals surface area contributed by atoms with E-state index in [4.69, 9.17) is 9.40 Å². The Bertz CT molecular complexity index is 2150. The van der Waals surface area contributed by atoms with Crippen molar-refractivity contribution in [3.05, 3.63) is 127 Å². The molecule has 0 N–H and O–H groups in total. The van der Waals surface area contributed by atoms with Gasteiger partial charge in [0.1, 0.15) is 5.58 Å². The predicted molar refractivity (Wildman–Crippen MR) is 179 cm³/mol. The molecule has 4 aromatic carbocycles. The van der Waals surface area contributed by atoms with Gasteiger partial charge in [0.05, 0.1) is 28.0 Å². The van der Waals surface area contributed by atoms with Crippen LogP contribution in [-0.2, 0) is 25.6 Å². The minimum Gasteiger partial charge on any atom is -0.501 e. The molecule has 0 unspecified atom stereocenters. The van der Waals surface area contributed by atoms with E-state index in [-0.39, 0.29) is 25.6 Å². The van der Waals surface area contributed by atoms with Crippen LogP contribution >= 0.6 is 0 Å². The molecule has 1 aliphatic heterocycles. The van der Waals surface area contributed by atoms with Crippen LogP contribution in [0.3, 0.4) is 0 Å². The molecule has 4 heterocycles. The zero-order valence-corrected chi connectivity index (χ0v) is 27.8. The molecule has 7 aromatic rings. The normalized spacial score (nSPS) is 15.5. The summed E-state index contributed by atoms with van der Waals surface area (Å²) in [5.41, 5.74) is 9.85. The molecule has 2 aliphatic rings. The Morgan fingerprint density at radius 2 is 1.64 bits per heavy atom. The average molecular weight is 764 g/mol. The van der Waals surface area contributed by atoms with Crippen LogP contribution in [0.15, 0.2) is 114 Å². The summed E-state index contributed by atoms with van der Waals surface area (Å²) in [7, 11) is 0. The molecular formula is C40H33IrN3O-2. The maximum Gasteiger partial charge on any atom is 0.120 e. The topological polar surface area (TPSA) is 43.9 Å². The fraction of sp³-hybridized carbons (Fsp3) is 0.200. The van der Waals surface area contributed by atoms with Gasteiger partial charge in [-0.05, 0) is 62.1 Å². The zero-order chi connectivity index (χ0) is 29.7. The number of allylic oxidation sites excluding steroid dienone is 2. The van der Waals surface area contributed by atoms with Gasteiger partial charge in [-0.25, -0.2) is 0 Å². The van der Waals surface area contributed by atoms with Crippen LogP contribution in [0.5, 0.6) is 0 Å². The summed E-state index contributed by atoms with van der Waals surface area (Å²) >= 11 is 0. The summed E-state index contributed by atoms with van der Waals surface area (Å²) in [6, 6.07) is 39.2. The average Bonchev–Trinajstić information content (AvgIpc) is 3.82. The molecular weight excluding hydrogens is 731 g/mol. The van der Waals surface area contributed by atoms with E-state index in [2.05, 4.69) is 78.0 Å². The maximum atomic E-state index is 5.97. The first-order chi connectivity index (χ1) is 21.6. The quantitative estimate of drug-likeness (QED) is 0.168. The van der Waals surface area contributed by atoms with Gasteiger partial charge in [0, 0.05) is 37.3 Å². The number of para-hydroxylation sites is 2. The van der Waals surface area contributed by atoms with Crippen molar-refractivity contribution in [2.75, 3.05) is 0 Å². The first-order valence-corrected chi connectivity index (χ1v) is 15.5. The molecule has 225 valence electrons. The Kier molecular flexibility index (Phi) is 7.77. The largest absolute Gasteiger partial charge is 0.501 e. The number of benzene rings is 4. The van der Waals surface area contributed by atoms with Crippen LogP contribution in [0, 0.1) is 18.1 Å². The van der Waals surface area contributed by atoms with Crippen LogP contribution in [0.25, 0.3) is 61.2 Å². The molecule has 4 nitrogen and oxygen atoms in total.